The molecule has 1 amide bonds. The van der Waals surface area contributed by atoms with Crippen molar-refractivity contribution in [1.29, 1.82) is 0 Å². The molecule has 0 N–H and O–H groups in total. The topological polar surface area (TPSA) is 45.7 Å². The number of carbonyl (C=O) groups is 1. The van der Waals surface area contributed by atoms with Crippen molar-refractivity contribution in [2.75, 3.05) is 32.1 Å². The summed E-state index contributed by atoms with van der Waals surface area (Å²) in [5.74, 6) is 0.461. The molecule has 2 aromatic carbocycles. The van der Waals surface area contributed by atoms with E-state index in [-0.39, 0.29) is 5.91 Å². The fraction of sp³-hybridized carbons (Fsp3) is 0.333. The molecule has 5 nitrogen and oxygen atoms in total. The number of hydrogen-bond donors (Lipinski definition) is 0. The van der Waals surface area contributed by atoms with Crippen LogP contribution in [0.25, 0.3) is 10.2 Å². The molecule has 1 heterocycles. The number of carbonyl (C=O) groups excluding carboxylic acids is 1. The highest BCUT2D eigenvalue weighted by atomic mass is 35.5. The zero-order valence-electron chi connectivity index (χ0n) is 16.5. The minimum atomic E-state index is -1.06. The van der Waals surface area contributed by atoms with Gasteiger partial charge in [-0.15, -0.1) is 0 Å². The Morgan fingerprint density at radius 2 is 1.79 bits per heavy atom. The average molecular weight is 418 g/mol. The first-order valence-electron chi connectivity index (χ1n) is 9.03. The Kier molecular flexibility index (Phi) is 6.23. The van der Waals surface area contributed by atoms with Gasteiger partial charge in [-0.25, -0.2) is 4.98 Å². The van der Waals surface area contributed by atoms with Crippen LogP contribution < -0.4 is 9.64 Å². The van der Waals surface area contributed by atoms with Crippen LogP contribution in [0.1, 0.15) is 13.8 Å². The first-order valence-corrected chi connectivity index (χ1v) is 10.2. The number of halogens is 1. The lowest BCUT2D eigenvalue weighted by Crippen LogP contribution is -2.50. The maximum atomic E-state index is 13.4. The first kappa shape index (κ1) is 20.6. The summed E-state index contributed by atoms with van der Waals surface area (Å²) in [5.41, 5.74) is -0.167. The van der Waals surface area contributed by atoms with E-state index in [1.54, 1.807) is 43.0 Å². The predicted molar refractivity (Wildman–Crippen MR) is 117 cm³/mol. The van der Waals surface area contributed by atoms with Gasteiger partial charge in [0.2, 0.25) is 0 Å². The number of thiazole rings is 1. The molecule has 1 aromatic heterocycles. The Labute approximate surface area is 174 Å². The number of rotatable bonds is 7. The molecule has 0 aliphatic carbocycles. The van der Waals surface area contributed by atoms with Gasteiger partial charge in [-0.2, -0.15) is 0 Å². The summed E-state index contributed by atoms with van der Waals surface area (Å²) in [6.07, 6.45) is 0. The summed E-state index contributed by atoms with van der Waals surface area (Å²) < 4.78 is 7.07. The monoisotopic (exact) mass is 417 g/mol. The van der Waals surface area contributed by atoms with Gasteiger partial charge in [0.05, 0.1) is 10.2 Å². The highest BCUT2D eigenvalue weighted by Crippen LogP contribution is 2.31. The normalized spacial score (nSPS) is 11.8. The highest BCUT2D eigenvalue weighted by molar-refractivity contribution is 7.22. The molecule has 0 aliphatic rings. The summed E-state index contributed by atoms with van der Waals surface area (Å²) in [4.78, 5) is 21.9. The van der Waals surface area contributed by atoms with Gasteiger partial charge in [0.25, 0.3) is 5.91 Å². The number of fused-ring (bicyclic) bond motifs is 1. The van der Waals surface area contributed by atoms with Crippen molar-refractivity contribution >= 4 is 44.2 Å². The Bertz CT molecular complexity index is 921. The summed E-state index contributed by atoms with van der Waals surface area (Å²) >= 11 is 7.46. The Morgan fingerprint density at radius 3 is 2.43 bits per heavy atom. The third-order valence-corrected chi connectivity index (χ3v) is 5.54. The molecule has 28 heavy (non-hydrogen) atoms. The lowest BCUT2D eigenvalue weighted by atomic mass is 10.1. The van der Waals surface area contributed by atoms with Crippen LogP contribution >= 0.6 is 22.9 Å². The van der Waals surface area contributed by atoms with Crippen molar-refractivity contribution in [2.24, 2.45) is 0 Å². The number of likely N-dealkylation sites (N-methyl/N-ethyl adjacent to an activating group) is 1. The van der Waals surface area contributed by atoms with Crippen molar-refractivity contribution in [1.82, 2.24) is 9.88 Å². The average Bonchev–Trinajstić information content (AvgIpc) is 3.07. The number of ether oxygens (including phenoxy) is 1. The maximum absolute atomic E-state index is 13.4. The predicted octanol–water partition coefficient (Wildman–Crippen LogP) is 4.70. The Morgan fingerprint density at radius 1 is 1.11 bits per heavy atom. The van der Waals surface area contributed by atoms with E-state index in [9.17, 15) is 4.79 Å². The molecular formula is C21H24ClN3O2S. The lowest BCUT2D eigenvalue weighted by Gasteiger charge is -2.31. The second-order valence-electron chi connectivity index (χ2n) is 7.29. The highest BCUT2D eigenvalue weighted by Gasteiger charge is 2.36. The van der Waals surface area contributed by atoms with Gasteiger partial charge in [-0.1, -0.05) is 35.1 Å². The van der Waals surface area contributed by atoms with Crippen LogP contribution in [0.4, 0.5) is 5.13 Å². The van der Waals surface area contributed by atoms with E-state index in [0.717, 1.165) is 16.8 Å². The number of benzene rings is 2. The van der Waals surface area contributed by atoms with Crippen LogP contribution in [-0.4, -0.2) is 48.6 Å². The van der Waals surface area contributed by atoms with Crippen LogP contribution in [0.2, 0.25) is 5.02 Å². The van der Waals surface area contributed by atoms with Gasteiger partial charge in [-0.05, 0) is 64.3 Å². The minimum absolute atomic E-state index is 0.136. The van der Waals surface area contributed by atoms with Crippen LogP contribution in [-0.2, 0) is 4.79 Å². The molecule has 0 aliphatic heterocycles. The number of amides is 1. The molecule has 0 saturated heterocycles. The number of para-hydroxylation sites is 1. The van der Waals surface area contributed by atoms with E-state index in [0.29, 0.717) is 22.4 Å². The smallest absolute Gasteiger partial charge is 0.272 e. The first-order chi connectivity index (χ1) is 13.3. The molecule has 3 rings (SSSR count). The fourth-order valence-electron chi connectivity index (χ4n) is 2.73. The largest absolute Gasteiger partial charge is 0.478 e. The second kappa shape index (κ2) is 8.47. The summed E-state index contributed by atoms with van der Waals surface area (Å²) in [7, 11) is 3.97. The molecule has 0 atom stereocenters. The molecule has 0 fully saturated rings. The minimum Gasteiger partial charge on any atom is -0.478 e. The summed E-state index contributed by atoms with van der Waals surface area (Å²) in [6.45, 7) is 4.80. The standard InChI is InChI=1S/C21H24ClN3O2S/c1-21(2,27-16-11-9-15(22)10-12-16)19(26)25(14-13-24(3)4)20-23-17-7-5-6-8-18(17)28-20/h5-12H,13-14H2,1-4H3. The number of anilines is 1. The van der Waals surface area contributed by atoms with Crippen LogP contribution in [0.3, 0.4) is 0 Å². The van der Waals surface area contributed by atoms with Crippen molar-refractivity contribution in [3.8, 4) is 5.75 Å². The zero-order chi connectivity index (χ0) is 20.3. The second-order valence-corrected chi connectivity index (χ2v) is 8.74. The molecule has 0 bridgehead atoms. The third-order valence-electron chi connectivity index (χ3n) is 4.23. The molecule has 0 radical (unpaired) electrons. The van der Waals surface area contributed by atoms with Crippen molar-refractivity contribution < 1.29 is 9.53 Å². The summed E-state index contributed by atoms with van der Waals surface area (Å²) in [5, 5.41) is 1.30. The molecule has 0 spiro atoms. The van der Waals surface area contributed by atoms with Crippen LogP contribution in [0, 0.1) is 0 Å². The number of aromatic nitrogens is 1. The van der Waals surface area contributed by atoms with E-state index >= 15 is 0 Å². The number of nitrogens with zero attached hydrogens (tertiary/aromatic N) is 3. The van der Waals surface area contributed by atoms with Crippen molar-refractivity contribution in [2.45, 2.75) is 19.4 Å². The zero-order valence-corrected chi connectivity index (χ0v) is 18.0. The van der Waals surface area contributed by atoms with Gasteiger partial charge in [0.15, 0.2) is 10.7 Å². The molecular weight excluding hydrogens is 394 g/mol. The summed E-state index contributed by atoms with van der Waals surface area (Å²) in [6, 6.07) is 14.9. The molecule has 0 unspecified atom stereocenters. The fourth-order valence-corrected chi connectivity index (χ4v) is 3.84. The van der Waals surface area contributed by atoms with E-state index in [1.165, 1.54) is 11.3 Å². The van der Waals surface area contributed by atoms with E-state index in [4.69, 9.17) is 16.3 Å². The Balaban J connectivity index is 1.89. The maximum Gasteiger partial charge on any atom is 0.272 e. The van der Waals surface area contributed by atoms with Crippen molar-refractivity contribution in [3.05, 3.63) is 53.6 Å². The van der Waals surface area contributed by atoms with E-state index < -0.39 is 5.60 Å². The third kappa shape index (κ3) is 4.82. The van der Waals surface area contributed by atoms with Crippen molar-refractivity contribution in [3.63, 3.8) is 0 Å². The van der Waals surface area contributed by atoms with Gasteiger partial charge in [0, 0.05) is 18.1 Å². The van der Waals surface area contributed by atoms with Crippen LogP contribution in [0.15, 0.2) is 48.5 Å². The van der Waals surface area contributed by atoms with E-state index in [2.05, 4.69) is 4.98 Å². The SMILES string of the molecule is CN(C)CCN(C(=O)C(C)(C)Oc1ccc(Cl)cc1)c1nc2ccccc2s1. The molecule has 3 aromatic rings. The lowest BCUT2D eigenvalue weighted by molar-refractivity contribution is -0.131. The molecule has 148 valence electrons. The van der Waals surface area contributed by atoms with Gasteiger partial charge >= 0.3 is 0 Å². The van der Waals surface area contributed by atoms with Gasteiger partial charge in [-0.3, -0.25) is 9.69 Å². The van der Waals surface area contributed by atoms with Gasteiger partial charge in [0.1, 0.15) is 5.75 Å². The quantitative estimate of drug-likeness (QED) is 0.558. The van der Waals surface area contributed by atoms with Crippen LogP contribution in [0.5, 0.6) is 5.75 Å². The molecule has 0 saturated carbocycles. The van der Waals surface area contributed by atoms with E-state index in [1.807, 2.05) is 43.3 Å². The molecule has 7 heteroatoms. The number of hydrogen-bond acceptors (Lipinski definition) is 5. The Hall–Kier alpha value is -2.15. The van der Waals surface area contributed by atoms with Gasteiger partial charge < -0.3 is 9.64 Å².